The SMILES string of the molecule is COc1ccc(CCn2cnc3cccc(OO[C@@H]4O[C@H](CO)[C@@H](O)[C@H](O)[C@H]4O)c32)cc1. The minimum absolute atomic E-state index is 0.340. The molecule has 0 bridgehead atoms. The maximum absolute atomic E-state index is 10.1. The van der Waals surface area contributed by atoms with E-state index in [2.05, 4.69) is 4.98 Å². The lowest BCUT2D eigenvalue weighted by molar-refractivity contribution is -0.386. The smallest absolute Gasteiger partial charge is 0.232 e. The zero-order valence-corrected chi connectivity index (χ0v) is 17.4. The molecule has 1 saturated heterocycles. The number of imidazole rings is 1. The number of ether oxygens (including phenoxy) is 2. The van der Waals surface area contributed by atoms with Gasteiger partial charge in [0.2, 0.25) is 6.29 Å². The minimum Gasteiger partial charge on any atom is -0.497 e. The number of fused-ring (bicyclic) bond motifs is 1. The Morgan fingerprint density at radius 3 is 2.53 bits per heavy atom. The monoisotopic (exact) mass is 446 g/mol. The number of aliphatic hydroxyl groups is 4. The summed E-state index contributed by atoms with van der Waals surface area (Å²) in [5.74, 6) is 1.13. The molecule has 172 valence electrons. The van der Waals surface area contributed by atoms with Crippen LogP contribution >= 0.6 is 0 Å². The van der Waals surface area contributed by atoms with Crippen molar-refractivity contribution in [2.45, 2.75) is 43.7 Å². The van der Waals surface area contributed by atoms with Crippen LogP contribution in [0.2, 0.25) is 0 Å². The van der Waals surface area contributed by atoms with E-state index in [0.717, 1.165) is 17.7 Å². The number of para-hydroxylation sites is 1. The third-order valence-electron chi connectivity index (χ3n) is 5.48. The van der Waals surface area contributed by atoms with Crippen molar-refractivity contribution >= 4 is 11.0 Å². The molecule has 0 unspecified atom stereocenters. The van der Waals surface area contributed by atoms with Crippen molar-refractivity contribution < 1.29 is 39.7 Å². The summed E-state index contributed by atoms with van der Waals surface area (Å²) >= 11 is 0. The zero-order valence-electron chi connectivity index (χ0n) is 17.4. The lowest BCUT2D eigenvalue weighted by atomic mass is 9.99. The van der Waals surface area contributed by atoms with Crippen molar-refractivity contribution in [1.82, 2.24) is 9.55 Å². The molecule has 1 fully saturated rings. The first kappa shape index (κ1) is 22.5. The number of hydrogen-bond donors (Lipinski definition) is 4. The fraction of sp³-hybridized carbons (Fsp3) is 0.409. The van der Waals surface area contributed by atoms with Crippen LogP contribution in [-0.4, -0.2) is 74.4 Å². The number of aryl methyl sites for hydroxylation is 2. The van der Waals surface area contributed by atoms with E-state index in [0.29, 0.717) is 23.3 Å². The molecule has 0 spiro atoms. The van der Waals surface area contributed by atoms with E-state index in [1.54, 1.807) is 25.6 Å². The topological polar surface area (TPSA) is 136 Å². The Hall–Kier alpha value is -2.73. The van der Waals surface area contributed by atoms with Crippen LogP contribution in [0.25, 0.3) is 11.0 Å². The van der Waals surface area contributed by atoms with Gasteiger partial charge < -0.3 is 39.4 Å². The second-order valence-corrected chi connectivity index (χ2v) is 7.54. The van der Waals surface area contributed by atoms with Crippen molar-refractivity contribution in [2.24, 2.45) is 0 Å². The largest absolute Gasteiger partial charge is 0.497 e. The van der Waals surface area contributed by atoms with E-state index in [4.69, 9.17) is 19.2 Å². The molecule has 0 radical (unpaired) electrons. The number of aliphatic hydroxyl groups excluding tert-OH is 4. The van der Waals surface area contributed by atoms with Crippen LogP contribution < -0.4 is 9.62 Å². The van der Waals surface area contributed by atoms with Crippen LogP contribution in [-0.2, 0) is 22.6 Å². The number of hydrogen-bond acceptors (Lipinski definition) is 9. The van der Waals surface area contributed by atoms with Crippen molar-refractivity contribution in [3.63, 3.8) is 0 Å². The predicted molar refractivity (Wildman–Crippen MR) is 112 cm³/mol. The lowest BCUT2D eigenvalue weighted by Gasteiger charge is -2.38. The molecule has 4 rings (SSSR count). The Kier molecular flexibility index (Phi) is 6.89. The maximum atomic E-state index is 10.1. The fourth-order valence-electron chi connectivity index (χ4n) is 3.62. The summed E-state index contributed by atoms with van der Waals surface area (Å²) in [6.07, 6.45) is -4.64. The summed E-state index contributed by atoms with van der Waals surface area (Å²) in [4.78, 5) is 15.1. The normalized spacial score (nSPS) is 25.7. The Morgan fingerprint density at radius 2 is 1.81 bits per heavy atom. The number of aromatic nitrogens is 2. The van der Waals surface area contributed by atoms with E-state index in [1.807, 2.05) is 34.9 Å². The van der Waals surface area contributed by atoms with Gasteiger partial charge in [-0.3, -0.25) is 0 Å². The third-order valence-corrected chi connectivity index (χ3v) is 5.48. The molecular formula is C22H26N2O8. The average molecular weight is 446 g/mol. The number of methoxy groups -OCH3 is 1. The van der Waals surface area contributed by atoms with E-state index < -0.39 is 37.3 Å². The summed E-state index contributed by atoms with van der Waals surface area (Å²) < 4.78 is 12.4. The van der Waals surface area contributed by atoms with Gasteiger partial charge in [-0.15, -0.1) is 0 Å². The molecule has 0 aliphatic carbocycles. The molecule has 1 aliphatic rings. The summed E-state index contributed by atoms with van der Waals surface area (Å²) in [6, 6.07) is 13.1. The van der Waals surface area contributed by atoms with Gasteiger partial charge in [0.1, 0.15) is 35.7 Å². The molecule has 1 aromatic heterocycles. The first-order valence-corrected chi connectivity index (χ1v) is 10.2. The molecule has 32 heavy (non-hydrogen) atoms. The van der Waals surface area contributed by atoms with Crippen molar-refractivity contribution in [1.29, 1.82) is 0 Å². The van der Waals surface area contributed by atoms with Crippen LogP contribution in [0, 0.1) is 0 Å². The first-order chi connectivity index (χ1) is 15.5. The van der Waals surface area contributed by atoms with Gasteiger partial charge in [0.25, 0.3) is 0 Å². The van der Waals surface area contributed by atoms with Crippen molar-refractivity contribution in [3.8, 4) is 11.5 Å². The van der Waals surface area contributed by atoms with Gasteiger partial charge in [-0.25, -0.2) is 4.98 Å². The van der Waals surface area contributed by atoms with Crippen molar-refractivity contribution in [2.75, 3.05) is 13.7 Å². The molecule has 5 atom stereocenters. The Morgan fingerprint density at radius 1 is 1.03 bits per heavy atom. The Bertz CT molecular complexity index is 1020. The Labute approximate surface area is 184 Å². The van der Waals surface area contributed by atoms with Crippen LogP contribution in [0.3, 0.4) is 0 Å². The highest BCUT2D eigenvalue weighted by atomic mass is 17.2. The Balaban J connectivity index is 1.47. The predicted octanol–water partition coefficient (Wildman–Crippen LogP) is 0.398. The highest BCUT2D eigenvalue weighted by molar-refractivity contribution is 5.81. The lowest BCUT2D eigenvalue weighted by Crippen LogP contribution is -2.59. The third kappa shape index (κ3) is 4.56. The van der Waals surface area contributed by atoms with Gasteiger partial charge in [-0.05, 0) is 36.2 Å². The summed E-state index contributed by atoms with van der Waals surface area (Å²) in [6.45, 7) is 0.0712. The number of benzene rings is 2. The van der Waals surface area contributed by atoms with E-state index in [-0.39, 0.29) is 0 Å². The molecule has 0 amide bonds. The fourth-order valence-corrected chi connectivity index (χ4v) is 3.62. The van der Waals surface area contributed by atoms with Crippen LogP contribution in [0.1, 0.15) is 5.56 Å². The second kappa shape index (κ2) is 9.82. The van der Waals surface area contributed by atoms with Gasteiger partial charge in [0, 0.05) is 6.54 Å². The number of nitrogens with zero attached hydrogens (tertiary/aromatic N) is 2. The number of rotatable bonds is 8. The molecule has 3 aromatic rings. The summed E-state index contributed by atoms with van der Waals surface area (Å²) in [5, 5.41) is 39.2. The first-order valence-electron chi connectivity index (χ1n) is 10.2. The quantitative estimate of drug-likeness (QED) is 0.286. The molecule has 1 aliphatic heterocycles. The molecule has 2 heterocycles. The van der Waals surface area contributed by atoms with Crippen LogP contribution in [0.4, 0.5) is 0 Å². The van der Waals surface area contributed by atoms with E-state index in [9.17, 15) is 20.4 Å². The molecule has 10 heteroatoms. The molecule has 10 nitrogen and oxygen atoms in total. The van der Waals surface area contributed by atoms with Gasteiger partial charge in [-0.1, -0.05) is 18.2 Å². The molecular weight excluding hydrogens is 420 g/mol. The van der Waals surface area contributed by atoms with Gasteiger partial charge >= 0.3 is 0 Å². The molecule has 4 N–H and O–H groups in total. The molecule has 2 aromatic carbocycles. The average Bonchev–Trinajstić information content (AvgIpc) is 3.25. The second-order valence-electron chi connectivity index (χ2n) is 7.54. The van der Waals surface area contributed by atoms with Crippen LogP contribution in [0.5, 0.6) is 11.5 Å². The zero-order chi connectivity index (χ0) is 22.7. The highest BCUT2D eigenvalue weighted by Crippen LogP contribution is 2.28. The van der Waals surface area contributed by atoms with Gasteiger partial charge in [-0.2, -0.15) is 4.89 Å². The highest BCUT2D eigenvalue weighted by Gasteiger charge is 2.45. The van der Waals surface area contributed by atoms with Gasteiger partial charge in [0.05, 0.1) is 25.6 Å². The standard InChI is InChI=1S/C22H26N2O8/c1-29-14-7-5-13(6-8-14)9-10-24-12-23-15-3-2-4-16(18(15)24)31-32-22-21(28)20(27)19(26)17(11-25)30-22/h2-8,12,17,19-22,25-28H,9-11H2,1H3/t17-,19-,20+,21-,22+/m1/s1. The summed E-state index contributed by atoms with van der Waals surface area (Å²) in [7, 11) is 1.63. The van der Waals surface area contributed by atoms with Gasteiger partial charge in [0.15, 0.2) is 5.75 Å². The summed E-state index contributed by atoms with van der Waals surface area (Å²) in [5.41, 5.74) is 2.50. The molecule has 0 saturated carbocycles. The van der Waals surface area contributed by atoms with E-state index in [1.165, 1.54) is 0 Å². The van der Waals surface area contributed by atoms with Crippen LogP contribution in [0.15, 0.2) is 48.8 Å². The van der Waals surface area contributed by atoms with E-state index >= 15 is 0 Å². The minimum atomic E-state index is -1.56. The maximum Gasteiger partial charge on any atom is 0.232 e. The van der Waals surface area contributed by atoms with Crippen molar-refractivity contribution in [3.05, 3.63) is 54.4 Å².